The van der Waals surface area contributed by atoms with E-state index in [0.717, 1.165) is 18.9 Å². The highest BCUT2D eigenvalue weighted by Crippen LogP contribution is 1.99. The molecule has 5 nitrogen and oxygen atoms in total. The van der Waals surface area contributed by atoms with E-state index in [-0.39, 0.29) is 0 Å². The van der Waals surface area contributed by atoms with Gasteiger partial charge in [0, 0.05) is 25.1 Å². The lowest BCUT2D eigenvalue weighted by atomic mass is 10.5. The van der Waals surface area contributed by atoms with Crippen molar-refractivity contribution >= 4 is 5.82 Å². The minimum atomic E-state index is 0.562. The number of imidazole rings is 1. The molecule has 0 bridgehead atoms. The van der Waals surface area contributed by atoms with Crippen molar-refractivity contribution < 1.29 is 0 Å². The van der Waals surface area contributed by atoms with E-state index in [0.29, 0.717) is 5.82 Å². The van der Waals surface area contributed by atoms with Crippen molar-refractivity contribution in [2.24, 2.45) is 0 Å². The molecule has 5 heteroatoms. The van der Waals surface area contributed by atoms with Crippen molar-refractivity contribution in [1.29, 1.82) is 0 Å². The van der Waals surface area contributed by atoms with Gasteiger partial charge in [0.05, 0.1) is 6.54 Å². The van der Waals surface area contributed by atoms with Gasteiger partial charge in [0.15, 0.2) is 0 Å². The van der Waals surface area contributed by atoms with Crippen LogP contribution in [0.3, 0.4) is 0 Å². The number of rotatable bonds is 3. The molecule has 0 aliphatic carbocycles. The van der Waals surface area contributed by atoms with E-state index >= 15 is 0 Å². The van der Waals surface area contributed by atoms with Gasteiger partial charge in [-0.3, -0.25) is 4.68 Å². The van der Waals surface area contributed by atoms with E-state index in [1.54, 1.807) is 12.3 Å². The number of aryl methyl sites for hydroxylation is 3. The van der Waals surface area contributed by atoms with Gasteiger partial charge in [-0.15, -0.1) is 0 Å². The third-order valence-electron chi connectivity index (χ3n) is 2.15. The highest BCUT2D eigenvalue weighted by Gasteiger charge is 1.98. The molecule has 0 saturated carbocycles. The van der Waals surface area contributed by atoms with Crippen LogP contribution in [0.1, 0.15) is 5.82 Å². The Hall–Kier alpha value is -1.78. The predicted molar refractivity (Wildman–Crippen MR) is 53.6 cm³/mol. The van der Waals surface area contributed by atoms with Crippen LogP contribution in [-0.2, 0) is 13.1 Å². The molecule has 2 aromatic heterocycles. The summed E-state index contributed by atoms with van der Waals surface area (Å²) in [6.45, 7) is 3.67. The maximum absolute atomic E-state index is 5.51. The summed E-state index contributed by atoms with van der Waals surface area (Å²) >= 11 is 0. The van der Waals surface area contributed by atoms with Crippen molar-refractivity contribution in [1.82, 2.24) is 19.3 Å². The van der Waals surface area contributed by atoms with Crippen LogP contribution in [0.2, 0.25) is 0 Å². The summed E-state index contributed by atoms with van der Waals surface area (Å²) in [4.78, 5) is 4.14. The summed E-state index contributed by atoms with van der Waals surface area (Å²) in [7, 11) is 0. The fourth-order valence-corrected chi connectivity index (χ4v) is 1.35. The summed E-state index contributed by atoms with van der Waals surface area (Å²) in [5, 5.41) is 4.10. The molecule has 0 radical (unpaired) electrons. The molecule has 0 atom stereocenters. The maximum Gasteiger partial charge on any atom is 0.145 e. The quantitative estimate of drug-likeness (QED) is 0.775. The number of hydrogen-bond acceptors (Lipinski definition) is 3. The molecule has 2 heterocycles. The van der Waals surface area contributed by atoms with E-state index in [1.807, 2.05) is 24.0 Å². The second kappa shape index (κ2) is 3.53. The summed E-state index contributed by atoms with van der Waals surface area (Å²) in [5.41, 5.74) is 5.51. The van der Waals surface area contributed by atoms with Gasteiger partial charge in [0.25, 0.3) is 0 Å². The number of anilines is 1. The standard InChI is InChI=1S/C9H13N5/c1-8-11-3-5-13(8)6-7-14-4-2-9(10)12-14/h2-5H,6-7H2,1H3,(H2,10,12). The molecular weight excluding hydrogens is 178 g/mol. The number of nitrogen functional groups attached to an aromatic ring is 1. The Balaban J connectivity index is 1.98. The molecule has 0 saturated heterocycles. The summed E-state index contributed by atoms with van der Waals surface area (Å²) in [5.74, 6) is 1.58. The first kappa shape index (κ1) is 8.80. The molecule has 2 rings (SSSR count). The van der Waals surface area contributed by atoms with Crippen LogP contribution < -0.4 is 5.73 Å². The minimum Gasteiger partial charge on any atom is -0.382 e. The zero-order valence-corrected chi connectivity index (χ0v) is 8.09. The van der Waals surface area contributed by atoms with Gasteiger partial charge in [0.2, 0.25) is 0 Å². The first-order chi connectivity index (χ1) is 6.75. The molecule has 2 N–H and O–H groups in total. The van der Waals surface area contributed by atoms with Crippen molar-refractivity contribution in [2.45, 2.75) is 20.0 Å². The molecule has 2 aromatic rings. The lowest BCUT2D eigenvalue weighted by molar-refractivity contribution is 0.527. The third-order valence-corrected chi connectivity index (χ3v) is 2.15. The predicted octanol–water partition coefficient (Wildman–Crippen LogP) is 0.670. The Morgan fingerprint density at radius 3 is 2.79 bits per heavy atom. The van der Waals surface area contributed by atoms with Crippen molar-refractivity contribution in [2.75, 3.05) is 5.73 Å². The van der Waals surface area contributed by atoms with E-state index in [1.165, 1.54) is 0 Å². The third kappa shape index (κ3) is 1.76. The lowest BCUT2D eigenvalue weighted by Crippen LogP contribution is -2.08. The molecule has 0 aliphatic heterocycles. The van der Waals surface area contributed by atoms with Crippen LogP contribution in [0.15, 0.2) is 24.7 Å². The number of nitrogens with zero attached hydrogens (tertiary/aromatic N) is 4. The Labute approximate surface area is 82.2 Å². The van der Waals surface area contributed by atoms with Crippen molar-refractivity contribution in [3.63, 3.8) is 0 Å². The van der Waals surface area contributed by atoms with Crippen LogP contribution >= 0.6 is 0 Å². The van der Waals surface area contributed by atoms with E-state index in [2.05, 4.69) is 14.6 Å². The fourth-order valence-electron chi connectivity index (χ4n) is 1.35. The van der Waals surface area contributed by atoms with Crippen molar-refractivity contribution in [3.05, 3.63) is 30.5 Å². The first-order valence-corrected chi connectivity index (χ1v) is 4.52. The zero-order chi connectivity index (χ0) is 9.97. The topological polar surface area (TPSA) is 61.7 Å². The molecule has 14 heavy (non-hydrogen) atoms. The Kier molecular flexibility index (Phi) is 2.22. The summed E-state index contributed by atoms with van der Waals surface area (Å²) in [6, 6.07) is 1.79. The molecule has 0 amide bonds. The molecule has 0 spiro atoms. The van der Waals surface area contributed by atoms with Gasteiger partial charge in [-0.05, 0) is 13.0 Å². The largest absolute Gasteiger partial charge is 0.382 e. The zero-order valence-electron chi connectivity index (χ0n) is 8.09. The average molecular weight is 191 g/mol. The second-order valence-electron chi connectivity index (χ2n) is 3.17. The van der Waals surface area contributed by atoms with Crippen LogP contribution in [0, 0.1) is 6.92 Å². The molecule has 0 aliphatic rings. The Morgan fingerprint density at radius 1 is 1.36 bits per heavy atom. The monoisotopic (exact) mass is 191 g/mol. The average Bonchev–Trinajstić information content (AvgIpc) is 2.72. The second-order valence-corrected chi connectivity index (χ2v) is 3.17. The van der Waals surface area contributed by atoms with Gasteiger partial charge in [-0.25, -0.2) is 4.98 Å². The molecule has 74 valence electrons. The van der Waals surface area contributed by atoms with Crippen LogP contribution in [0.25, 0.3) is 0 Å². The van der Waals surface area contributed by atoms with Gasteiger partial charge >= 0.3 is 0 Å². The van der Waals surface area contributed by atoms with E-state index < -0.39 is 0 Å². The number of nitrogens with two attached hydrogens (primary N) is 1. The highest BCUT2D eigenvalue weighted by atomic mass is 15.3. The first-order valence-electron chi connectivity index (χ1n) is 4.52. The van der Waals surface area contributed by atoms with Gasteiger partial charge in [-0.1, -0.05) is 0 Å². The fraction of sp³-hybridized carbons (Fsp3) is 0.333. The SMILES string of the molecule is Cc1nccn1CCn1ccc(N)n1. The van der Waals surface area contributed by atoms with Gasteiger partial charge in [0.1, 0.15) is 11.6 Å². The van der Waals surface area contributed by atoms with Crippen molar-refractivity contribution in [3.8, 4) is 0 Å². The molecular formula is C9H13N5. The summed E-state index contributed by atoms with van der Waals surface area (Å²) in [6.07, 6.45) is 5.64. The van der Waals surface area contributed by atoms with E-state index in [9.17, 15) is 0 Å². The number of hydrogen-bond donors (Lipinski definition) is 1. The van der Waals surface area contributed by atoms with E-state index in [4.69, 9.17) is 5.73 Å². The minimum absolute atomic E-state index is 0.562. The van der Waals surface area contributed by atoms with Crippen LogP contribution in [0.4, 0.5) is 5.82 Å². The lowest BCUT2D eigenvalue weighted by Gasteiger charge is -2.04. The Bertz CT molecular complexity index is 414. The molecule has 0 unspecified atom stereocenters. The van der Waals surface area contributed by atoms with Crippen LogP contribution in [-0.4, -0.2) is 19.3 Å². The highest BCUT2D eigenvalue weighted by molar-refractivity contribution is 5.23. The maximum atomic E-state index is 5.51. The molecule has 0 aromatic carbocycles. The summed E-state index contributed by atoms with van der Waals surface area (Å²) < 4.78 is 3.91. The van der Waals surface area contributed by atoms with Gasteiger partial charge in [-0.2, -0.15) is 5.10 Å². The smallest absolute Gasteiger partial charge is 0.145 e. The normalized spacial score (nSPS) is 10.6. The van der Waals surface area contributed by atoms with Crippen LogP contribution in [0.5, 0.6) is 0 Å². The Morgan fingerprint density at radius 2 is 2.21 bits per heavy atom. The van der Waals surface area contributed by atoms with Gasteiger partial charge < -0.3 is 10.3 Å². The number of aromatic nitrogens is 4. The molecule has 0 fully saturated rings.